The lowest BCUT2D eigenvalue weighted by molar-refractivity contribution is 0.0632. The van der Waals surface area contributed by atoms with Crippen LogP contribution < -0.4 is 10.9 Å². The molecule has 0 saturated carbocycles. The van der Waals surface area contributed by atoms with Crippen LogP contribution in [0.2, 0.25) is 5.02 Å². The molecule has 0 unspecified atom stereocenters. The Labute approximate surface area is 186 Å². The molecule has 1 aromatic heterocycles. The van der Waals surface area contributed by atoms with E-state index in [4.69, 9.17) is 11.6 Å². The highest BCUT2D eigenvalue weighted by molar-refractivity contribution is 6.30. The van der Waals surface area contributed by atoms with E-state index in [0.29, 0.717) is 46.9 Å². The van der Waals surface area contributed by atoms with Crippen LogP contribution in [0.4, 0.5) is 5.69 Å². The minimum atomic E-state index is -0.0241. The molecule has 0 atom stereocenters. The maximum atomic E-state index is 13.1. The fourth-order valence-corrected chi connectivity index (χ4v) is 4.16. The van der Waals surface area contributed by atoms with E-state index in [2.05, 4.69) is 15.2 Å². The second-order valence-electron chi connectivity index (χ2n) is 7.71. The monoisotopic (exact) mass is 439 g/mol. The molecule has 0 spiro atoms. The predicted octanol–water partition coefficient (Wildman–Crippen LogP) is 2.86. The molecule has 162 valence electrons. The third-order valence-electron chi connectivity index (χ3n) is 5.83. The summed E-state index contributed by atoms with van der Waals surface area (Å²) in [6.07, 6.45) is 0. The fraction of sp³-hybridized carbons (Fsp3) is 0.348. The molecule has 2 aromatic carbocycles. The standard InChI is InChI=1S/C23H26ClN5O2/c1-16-26-20-5-3-4-19(25-2)21(20)23(31)29(16)15-12-27-10-13-28(14-11-27)22(30)17-6-8-18(24)9-7-17/h3-9,25H,10-15H2,1-2H3. The average molecular weight is 440 g/mol. The zero-order valence-electron chi connectivity index (χ0n) is 17.8. The van der Waals surface area contributed by atoms with Crippen LogP contribution in [0, 0.1) is 6.92 Å². The van der Waals surface area contributed by atoms with E-state index in [1.54, 1.807) is 28.8 Å². The van der Waals surface area contributed by atoms with Gasteiger partial charge in [0.05, 0.1) is 10.9 Å². The molecule has 31 heavy (non-hydrogen) atoms. The number of fused-ring (bicyclic) bond motifs is 1. The van der Waals surface area contributed by atoms with Gasteiger partial charge in [0, 0.05) is 62.6 Å². The fourth-order valence-electron chi connectivity index (χ4n) is 4.04. The van der Waals surface area contributed by atoms with Crippen molar-refractivity contribution in [2.75, 3.05) is 45.1 Å². The molecule has 4 rings (SSSR count). The topological polar surface area (TPSA) is 70.5 Å². The Morgan fingerprint density at radius 2 is 1.77 bits per heavy atom. The molecular formula is C23H26ClN5O2. The number of aryl methyl sites for hydroxylation is 1. The summed E-state index contributed by atoms with van der Waals surface area (Å²) in [4.78, 5) is 34.6. The lowest BCUT2D eigenvalue weighted by Gasteiger charge is -2.35. The molecule has 1 amide bonds. The third kappa shape index (κ3) is 4.43. The maximum absolute atomic E-state index is 13.1. The van der Waals surface area contributed by atoms with Crippen LogP contribution in [-0.2, 0) is 6.54 Å². The average Bonchev–Trinajstić information content (AvgIpc) is 2.79. The Bertz CT molecular complexity index is 1150. The van der Waals surface area contributed by atoms with Crippen molar-refractivity contribution in [3.8, 4) is 0 Å². The summed E-state index contributed by atoms with van der Waals surface area (Å²) >= 11 is 5.91. The number of rotatable bonds is 5. The Hall–Kier alpha value is -2.90. The summed E-state index contributed by atoms with van der Waals surface area (Å²) in [5.74, 6) is 0.740. The van der Waals surface area contributed by atoms with Crippen molar-refractivity contribution in [3.63, 3.8) is 0 Å². The minimum absolute atomic E-state index is 0.0241. The van der Waals surface area contributed by atoms with Crippen molar-refractivity contribution in [2.24, 2.45) is 0 Å². The van der Waals surface area contributed by atoms with Crippen molar-refractivity contribution in [3.05, 3.63) is 69.2 Å². The highest BCUT2D eigenvalue weighted by Crippen LogP contribution is 2.18. The minimum Gasteiger partial charge on any atom is -0.387 e. The number of benzene rings is 2. The van der Waals surface area contributed by atoms with Crippen LogP contribution in [-0.4, -0.2) is 65.0 Å². The van der Waals surface area contributed by atoms with Gasteiger partial charge in [0.1, 0.15) is 5.82 Å². The number of nitrogens with zero attached hydrogens (tertiary/aromatic N) is 4. The predicted molar refractivity (Wildman–Crippen MR) is 124 cm³/mol. The molecule has 0 aliphatic carbocycles. The van der Waals surface area contributed by atoms with Gasteiger partial charge in [-0.25, -0.2) is 4.98 Å². The van der Waals surface area contributed by atoms with Crippen molar-refractivity contribution in [2.45, 2.75) is 13.5 Å². The second-order valence-corrected chi connectivity index (χ2v) is 8.14. The smallest absolute Gasteiger partial charge is 0.263 e. The lowest BCUT2D eigenvalue weighted by atomic mass is 10.2. The summed E-state index contributed by atoms with van der Waals surface area (Å²) in [7, 11) is 1.81. The number of hydrogen-bond acceptors (Lipinski definition) is 5. The van der Waals surface area contributed by atoms with Crippen LogP contribution >= 0.6 is 11.6 Å². The number of amides is 1. The van der Waals surface area contributed by atoms with Gasteiger partial charge in [-0.05, 0) is 43.3 Å². The molecule has 8 heteroatoms. The Morgan fingerprint density at radius 1 is 1.06 bits per heavy atom. The van der Waals surface area contributed by atoms with E-state index in [-0.39, 0.29) is 11.5 Å². The lowest BCUT2D eigenvalue weighted by Crippen LogP contribution is -2.49. The van der Waals surface area contributed by atoms with Crippen molar-refractivity contribution in [1.29, 1.82) is 0 Å². The summed E-state index contributed by atoms with van der Waals surface area (Å²) in [6.45, 7) is 6.04. The molecule has 1 N–H and O–H groups in total. The van der Waals surface area contributed by atoms with Gasteiger partial charge >= 0.3 is 0 Å². The number of piperazine rings is 1. The van der Waals surface area contributed by atoms with Crippen molar-refractivity contribution in [1.82, 2.24) is 19.4 Å². The Morgan fingerprint density at radius 3 is 2.45 bits per heavy atom. The van der Waals surface area contributed by atoms with E-state index in [0.717, 1.165) is 25.3 Å². The number of halogens is 1. The second kappa shape index (κ2) is 9.08. The van der Waals surface area contributed by atoms with E-state index in [1.165, 1.54) is 0 Å². The normalized spacial score (nSPS) is 14.7. The summed E-state index contributed by atoms with van der Waals surface area (Å²) in [5.41, 5.74) is 2.13. The molecule has 1 saturated heterocycles. The van der Waals surface area contributed by atoms with Gasteiger partial charge in [-0.2, -0.15) is 0 Å². The number of aromatic nitrogens is 2. The van der Waals surface area contributed by atoms with Crippen LogP contribution in [0.1, 0.15) is 16.2 Å². The highest BCUT2D eigenvalue weighted by Gasteiger charge is 2.22. The number of nitrogens with one attached hydrogen (secondary N) is 1. The molecule has 1 fully saturated rings. The van der Waals surface area contributed by atoms with Gasteiger partial charge in [-0.1, -0.05) is 17.7 Å². The van der Waals surface area contributed by atoms with Gasteiger partial charge in [-0.15, -0.1) is 0 Å². The largest absolute Gasteiger partial charge is 0.387 e. The molecule has 1 aliphatic rings. The Kier molecular flexibility index (Phi) is 6.25. The number of carbonyl (C=O) groups excluding carboxylic acids is 1. The first-order valence-corrected chi connectivity index (χ1v) is 10.8. The van der Waals surface area contributed by atoms with Gasteiger partial charge in [0.15, 0.2) is 0 Å². The molecule has 3 aromatic rings. The first-order valence-electron chi connectivity index (χ1n) is 10.4. The molecular weight excluding hydrogens is 414 g/mol. The first kappa shape index (κ1) is 21.3. The summed E-state index contributed by atoms with van der Waals surface area (Å²) in [5, 5.41) is 4.33. The maximum Gasteiger partial charge on any atom is 0.263 e. The third-order valence-corrected chi connectivity index (χ3v) is 6.09. The first-order chi connectivity index (χ1) is 15.0. The van der Waals surface area contributed by atoms with Crippen LogP contribution in [0.5, 0.6) is 0 Å². The Balaban J connectivity index is 1.41. The van der Waals surface area contributed by atoms with Gasteiger partial charge in [0.2, 0.25) is 0 Å². The highest BCUT2D eigenvalue weighted by atomic mass is 35.5. The van der Waals surface area contributed by atoms with E-state index in [1.807, 2.05) is 37.1 Å². The van der Waals surface area contributed by atoms with Crippen molar-refractivity contribution >= 4 is 34.1 Å². The van der Waals surface area contributed by atoms with Crippen molar-refractivity contribution < 1.29 is 4.79 Å². The number of hydrogen-bond donors (Lipinski definition) is 1. The molecule has 1 aliphatic heterocycles. The SMILES string of the molecule is CNc1cccc2nc(C)n(CCN3CCN(C(=O)c4ccc(Cl)cc4)CC3)c(=O)c12. The van der Waals surface area contributed by atoms with E-state index >= 15 is 0 Å². The number of carbonyl (C=O) groups is 1. The molecule has 2 heterocycles. The molecule has 7 nitrogen and oxygen atoms in total. The van der Waals surface area contributed by atoms with Crippen LogP contribution in [0.3, 0.4) is 0 Å². The molecule has 0 bridgehead atoms. The number of anilines is 1. The quantitative estimate of drug-likeness (QED) is 0.662. The van der Waals surface area contributed by atoms with Gasteiger partial charge in [0.25, 0.3) is 11.5 Å². The van der Waals surface area contributed by atoms with Gasteiger partial charge in [-0.3, -0.25) is 19.1 Å². The van der Waals surface area contributed by atoms with Crippen LogP contribution in [0.15, 0.2) is 47.3 Å². The zero-order valence-corrected chi connectivity index (χ0v) is 18.5. The van der Waals surface area contributed by atoms with E-state index < -0.39 is 0 Å². The summed E-state index contributed by atoms with van der Waals surface area (Å²) in [6, 6.07) is 12.7. The molecule has 0 radical (unpaired) electrons. The van der Waals surface area contributed by atoms with Gasteiger partial charge < -0.3 is 10.2 Å². The van der Waals surface area contributed by atoms with Crippen LogP contribution in [0.25, 0.3) is 10.9 Å². The zero-order chi connectivity index (χ0) is 22.0. The van der Waals surface area contributed by atoms with E-state index in [9.17, 15) is 9.59 Å². The summed E-state index contributed by atoms with van der Waals surface area (Å²) < 4.78 is 1.74.